The zero-order valence-electron chi connectivity index (χ0n) is 11.8. The molecule has 0 saturated heterocycles. The molecule has 0 spiro atoms. The van der Waals surface area contributed by atoms with E-state index in [1.54, 1.807) is 0 Å². The Bertz CT molecular complexity index is 466. The first-order valence-electron chi connectivity index (χ1n) is 6.71. The van der Waals surface area contributed by atoms with Gasteiger partial charge < -0.3 is 0 Å². The van der Waals surface area contributed by atoms with Gasteiger partial charge >= 0.3 is 0 Å². The molecule has 17 heavy (non-hydrogen) atoms. The van der Waals surface area contributed by atoms with Crippen molar-refractivity contribution in [3.8, 4) is 0 Å². The molecule has 0 radical (unpaired) electrons. The number of benzene rings is 1. The van der Waals surface area contributed by atoms with Gasteiger partial charge in [-0.25, -0.2) is 0 Å². The van der Waals surface area contributed by atoms with Gasteiger partial charge in [0.15, 0.2) is 5.71 Å². The third-order valence-corrected chi connectivity index (χ3v) is 4.16. The maximum absolute atomic E-state index is 2.51. The monoisotopic (exact) mass is 230 g/mol. The molecule has 0 bridgehead atoms. The van der Waals surface area contributed by atoms with E-state index in [2.05, 4.69) is 57.4 Å². The van der Waals surface area contributed by atoms with Crippen LogP contribution in [0.5, 0.6) is 0 Å². The summed E-state index contributed by atoms with van der Waals surface area (Å²) < 4.78 is 2.51. The summed E-state index contributed by atoms with van der Waals surface area (Å²) in [6.45, 7) is 12.6. The van der Waals surface area contributed by atoms with Crippen LogP contribution in [0, 0.1) is 6.92 Å². The summed E-state index contributed by atoms with van der Waals surface area (Å²) in [5, 5.41) is 0. The van der Waals surface area contributed by atoms with Crippen molar-refractivity contribution in [1.29, 1.82) is 0 Å². The van der Waals surface area contributed by atoms with Crippen LogP contribution in [0.3, 0.4) is 0 Å². The van der Waals surface area contributed by atoms with E-state index in [4.69, 9.17) is 0 Å². The lowest BCUT2D eigenvalue weighted by Crippen LogP contribution is -2.26. The van der Waals surface area contributed by atoms with E-state index >= 15 is 0 Å². The molecule has 0 atom stereocenters. The summed E-state index contributed by atoms with van der Waals surface area (Å²) in [4.78, 5) is 0. The van der Waals surface area contributed by atoms with Gasteiger partial charge in [-0.1, -0.05) is 25.0 Å². The second-order valence-electron chi connectivity index (χ2n) is 5.74. The summed E-state index contributed by atoms with van der Waals surface area (Å²) in [5.74, 6) is 0. The minimum absolute atomic E-state index is 0.190. The first-order chi connectivity index (χ1) is 7.98. The van der Waals surface area contributed by atoms with Crippen LogP contribution in [0.1, 0.15) is 51.7 Å². The molecule has 0 unspecified atom stereocenters. The van der Waals surface area contributed by atoms with Crippen LogP contribution >= 0.6 is 0 Å². The Morgan fingerprint density at radius 2 is 1.88 bits per heavy atom. The van der Waals surface area contributed by atoms with Crippen molar-refractivity contribution in [1.82, 2.24) is 0 Å². The average molecular weight is 230 g/mol. The standard InChI is InChI=1S/C16H24N/c1-6-7-10-17-13(3)16(4,5)14-11-12(2)8-9-15(14)17/h8-9,11H,6-7,10H2,1-5H3/q+1. The molecule has 1 aliphatic rings. The van der Waals surface area contributed by atoms with Gasteiger partial charge in [-0.05, 0) is 26.8 Å². The Morgan fingerprint density at radius 3 is 2.53 bits per heavy atom. The van der Waals surface area contributed by atoms with Crippen molar-refractivity contribution in [3.63, 3.8) is 0 Å². The maximum atomic E-state index is 2.51. The average Bonchev–Trinajstić information content (AvgIpc) is 2.47. The zero-order valence-corrected chi connectivity index (χ0v) is 11.8. The molecule has 1 aliphatic heterocycles. The number of unbranched alkanes of at least 4 members (excludes halogenated alkanes) is 1. The number of fused-ring (bicyclic) bond motifs is 1. The van der Waals surface area contributed by atoms with Crippen molar-refractivity contribution in [3.05, 3.63) is 29.3 Å². The Labute approximate surface area is 105 Å². The topological polar surface area (TPSA) is 3.01 Å². The molecule has 0 amide bonds. The predicted octanol–water partition coefficient (Wildman–Crippen LogP) is 4.19. The van der Waals surface area contributed by atoms with Gasteiger partial charge in [-0.3, -0.25) is 0 Å². The first-order valence-corrected chi connectivity index (χ1v) is 6.71. The molecular weight excluding hydrogens is 206 g/mol. The number of aryl methyl sites for hydroxylation is 1. The van der Waals surface area contributed by atoms with Crippen molar-refractivity contribution in [2.24, 2.45) is 0 Å². The van der Waals surface area contributed by atoms with Crippen molar-refractivity contribution in [2.45, 2.75) is 52.9 Å². The summed E-state index contributed by atoms with van der Waals surface area (Å²) in [6, 6.07) is 6.87. The SMILES string of the molecule is CCCC[N+]1=C(C)C(C)(C)c2cc(C)ccc21. The Balaban J connectivity index is 2.50. The highest BCUT2D eigenvalue weighted by atomic mass is 15.1. The summed E-state index contributed by atoms with van der Waals surface area (Å²) >= 11 is 0. The molecular formula is C16H24N+. The highest BCUT2D eigenvalue weighted by Gasteiger charge is 2.42. The smallest absolute Gasteiger partial charge is 0.199 e. The van der Waals surface area contributed by atoms with E-state index in [0.717, 1.165) is 6.54 Å². The number of rotatable bonds is 3. The van der Waals surface area contributed by atoms with Crippen LogP contribution in [-0.2, 0) is 5.41 Å². The van der Waals surface area contributed by atoms with Crippen LogP contribution in [0.2, 0.25) is 0 Å². The van der Waals surface area contributed by atoms with E-state index in [1.165, 1.54) is 35.4 Å². The zero-order chi connectivity index (χ0) is 12.6. The molecule has 0 aliphatic carbocycles. The van der Waals surface area contributed by atoms with Crippen molar-refractivity contribution >= 4 is 11.4 Å². The minimum atomic E-state index is 0.190. The number of hydrogen-bond donors (Lipinski definition) is 0. The Kier molecular flexibility index (Phi) is 3.11. The molecule has 1 heteroatoms. The first kappa shape index (κ1) is 12.3. The molecule has 1 aromatic carbocycles. The van der Waals surface area contributed by atoms with Crippen LogP contribution < -0.4 is 0 Å². The highest BCUT2D eigenvalue weighted by molar-refractivity contribution is 5.93. The van der Waals surface area contributed by atoms with Gasteiger partial charge in [0.1, 0.15) is 6.54 Å². The lowest BCUT2D eigenvalue weighted by atomic mass is 9.82. The quantitative estimate of drug-likeness (QED) is 0.685. The van der Waals surface area contributed by atoms with Crippen molar-refractivity contribution in [2.75, 3.05) is 6.54 Å². The second-order valence-corrected chi connectivity index (χ2v) is 5.74. The molecule has 0 N–H and O–H groups in total. The van der Waals surface area contributed by atoms with Crippen molar-refractivity contribution < 1.29 is 4.58 Å². The van der Waals surface area contributed by atoms with E-state index in [-0.39, 0.29) is 5.41 Å². The van der Waals surface area contributed by atoms with Crippen LogP contribution in [0.25, 0.3) is 0 Å². The molecule has 0 aromatic heterocycles. The lowest BCUT2D eigenvalue weighted by molar-refractivity contribution is -0.439. The van der Waals surface area contributed by atoms with Crippen LogP contribution in [-0.4, -0.2) is 16.8 Å². The molecule has 0 saturated carbocycles. The molecule has 1 heterocycles. The van der Waals surface area contributed by atoms with Gasteiger partial charge in [0.2, 0.25) is 5.69 Å². The third-order valence-electron chi connectivity index (χ3n) is 4.16. The Morgan fingerprint density at radius 1 is 1.18 bits per heavy atom. The van der Waals surface area contributed by atoms with Gasteiger partial charge in [-0.2, -0.15) is 4.58 Å². The number of hydrogen-bond acceptors (Lipinski definition) is 0. The fourth-order valence-electron chi connectivity index (χ4n) is 2.70. The minimum Gasteiger partial charge on any atom is -0.199 e. The van der Waals surface area contributed by atoms with Crippen LogP contribution in [0.15, 0.2) is 18.2 Å². The van der Waals surface area contributed by atoms with Gasteiger partial charge in [0, 0.05) is 25.0 Å². The Hall–Kier alpha value is -1.11. The highest BCUT2D eigenvalue weighted by Crippen LogP contribution is 2.39. The summed E-state index contributed by atoms with van der Waals surface area (Å²) in [7, 11) is 0. The van der Waals surface area contributed by atoms with Gasteiger partial charge in [0.05, 0.1) is 5.41 Å². The molecule has 1 aromatic rings. The fourth-order valence-corrected chi connectivity index (χ4v) is 2.70. The third kappa shape index (κ3) is 1.92. The van der Waals surface area contributed by atoms with Crippen LogP contribution in [0.4, 0.5) is 5.69 Å². The number of nitrogens with zero attached hydrogens (tertiary/aromatic N) is 1. The van der Waals surface area contributed by atoms with E-state index in [1.807, 2.05) is 0 Å². The summed E-state index contributed by atoms with van der Waals surface area (Å²) in [6.07, 6.45) is 2.52. The molecule has 0 fully saturated rings. The lowest BCUT2D eigenvalue weighted by Gasteiger charge is -2.15. The molecule has 2 rings (SSSR count). The van der Waals surface area contributed by atoms with E-state index < -0.39 is 0 Å². The second kappa shape index (κ2) is 4.29. The molecule has 92 valence electrons. The summed E-state index contributed by atoms with van der Waals surface area (Å²) in [5.41, 5.74) is 5.96. The van der Waals surface area contributed by atoms with E-state index in [9.17, 15) is 0 Å². The predicted molar refractivity (Wildman–Crippen MR) is 74.6 cm³/mol. The maximum Gasteiger partial charge on any atom is 0.209 e. The van der Waals surface area contributed by atoms with Gasteiger partial charge in [0.25, 0.3) is 0 Å². The van der Waals surface area contributed by atoms with Gasteiger partial charge in [-0.15, -0.1) is 0 Å². The fraction of sp³-hybridized carbons (Fsp3) is 0.562. The van der Waals surface area contributed by atoms with E-state index in [0.29, 0.717) is 0 Å². The largest absolute Gasteiger partial charge is 0.209 e. The molecule has 1 nitrogen and oxygen atoms in total. The normalized spacial score (nSPS) is 17.5.